The molecule has 0 amide bonds. The fourth-order valence-electron chi connectivity index (χ4n) is 2.34. The Hall–Kier alpha value is -2.04. The number of anilines is 2. The number of nitrogens with one attached hydrogen (secondary N) is 1. The van der Waals surface area contributed by atoms with Crippen molar-refractivity contribution in [2.75, 3.05) is 23.3 Å². The van der Waals surface area contributed by atoms with Crippen LogP contribution in [0, 0.1) is 0 Å². The standard InChI is InChI=1S/C16H25N5/c1-4-11-21-15(9-10-19-21)13-17-14-7-8-16(18-12-14)20(5-2)6-3/h7-10,12,17H,4-6,11,13H2,1-3H3. The van der Waals surface area contributed by atoms with E-state index in [1.54, 1.807) is 0 Å². The van der Waals surface area contributed by atoms with Crippen LogP contribution in [0.5, 0.6) is 0 Å². The van der Waals surface area contributed by atoms with Crippen molar-refractivity contribution in [2.45, 2.75) is 40.3 Å². The van der Waals surface area contributed by atoms with Crippen molar-refractivity contribution in [2.24, 2.45) is 0 Å². The number of aromatic nitrogens is 3. The number of pyridine rings is 1. The van der Waals surface area contributed by atoms with Gasteiger partial charge in [0.25, 0.3) is 0 Å². The summed E-state index contributed by atoms with van der Waals surface area (Å²) in [6.07, 6.45) is 4.84. The number of rotatable bonds is 8. The van der Waals surface area contributed by atoms with Gasteiger partial charge in [-0.2, -0.15) is 5.10 Å². The van der Waals surface area contributed by atoms with E-state index in [1.807, 2.05) is 17.1 Å². The number of nitrogens with zero attached hydrogens (tertiary/aromatic N) is 4. The fraction of sp³-hybridized carbons (Fsp3) is 0.500. The molecule has 0 saturated heterocycles. The highest BCUT2D eigenvalue weighted by molar-refractivity contribution is 5.48. The molecule has 2 aromatic rings. The highest BCUT2D eigenvalue weighted by Gasteiger charge is 2.04. The maximum absolute atomic E-state index is 4.52. The summed E-state index contributed by atoms with van der Waals surface area (Å²) in [5.41, 5.74) is 2.24. The molecule has 0 aliphatic carbocycles. The van der Waals surface area contributed by atoms with Gasteiger partial charge in [-0.15, -0.1) is 0 Å². The van der Waals surface area contributed by atoms with Gasteiger partial charge in [0.2, 0.25) is 0 Å². The van der Waals surface area contributed by atoms with Gasteiger partial charge in [-0.05, 0) is 38.5 Å². The molecule has 1 N–H and O–H groups in total. The van der Waals surface area contributed by atoms with Crippen molar-refractivity contribution >= 4 is 11.5 Å². The molecule has 2 rings (SSSR count). The summed E-state index contributed by atoms with van der Waals surface area (Å²) in [7, 11) is 0. The summed E-state index contributed by atoms with van der Waals surface area (Å²) < 4.78 is 2.05. The van der Waals surface area contributed by atoms with Crippen LogP contribution in [0.1, 0.15) is 32.9 Å². The quantitative estimate of drug-likeness (QED) is 0.810. The molecule has 0 aliphatic heterocycles. The second-order valence-corrected chi connectivity index (χ2v) is 4.98. The monoisotopic (exact) mass is 287 g/mol. The first-order chi connectivity index (χ1) is 10.3. The maximum Gasteiger partial charge on any atom is 0.128 e. The third kappa shape index (κ3) is 3.97. The molecule has 0 fully saturated rings. The average molecular weight is 287 g/mol. The fourth-order valence-corrected chi connectivity index (χ4v) is 2.34. The smallest absolute Gasteiger partial charge is 0.128 e. The Kier molecular flexibility index (Phi) is 5.60. The molecule has 0 unspecified atom stereocenters. The first-order valence-corrected chi connectivity index (χ1v) is 7.74. The van der Waals surface area contributed by atoms with Crippen LogP contribution in [0.25, 0.3) is 0 Å². The Morgan fingerprint density at radius 2 is 1.95 bits per heavy atom. The van der Waals surface area contributed by atoms with E-state index in [2.05, 4.69) is 59.3 Å². The lowest BCUT2D eigenvalue weighted by atomic mass is 10.3. The van der Waals surface area contributed by atoms with E-state index in [0.717, 1.165) is 44.1 Å². The zero-order chi connectivity index (χ0) is 15.1. The molecule has 0 bridgehead atoms. The molecule has 0 atom stereocenters. The third-order valence-corrected chi connectivity index (χ3v) is 3.55. The van der Waals surface area contributed by atoms with E-state index < -0.39 is 0 Å². The van der Waals surface area contributed by atoms with Gasteiger partial charge in [0.1, 0.15) is 5.82 Å². The number of aryl methyl sites for hydroxylation is 1. The number of hydrogen-bond donors (Lipinski definition) is 1. The van der Waals surface area contributed by atoms with Crippen LogP contribution in [0.2, 0.25) is 0 Å². The van der Waals surface area contributed by atoms with Crippen LogP contribution >= 0.6 is 0 Å². The molecule has 5 heteroatoms. The van der Waals surface area contributed by atoms with Crippen molar-refractivity contribution < 1.29 is 0 Å². The normalized spacial score (nSPS) is 10.6. The molecule has 5 nitrogen and oxygen atoms in total. The third-order valence-electron chi connectivity index (χ3n) is 3.55. The maximum atomic E-state index is 4.52. The van der Waals surface area contributed by atoms with E-state index in [-0.39, 0.29) is 0 Å². The zero-order valence-corrected chi connectivity index (χ0v) is 13.2. The van der Waals surface area contributed by atoms with Crippen LogP contribution in [0.4, 0.5) is 11.5 Å². The van der Waals surface area contributed by atoms with Crippen LogP contribution in [-0.2, 0) is 13.1 Å². The predicted molar refractivity (Wildman–Crippen MR) is 87.6 cm³/mol. The lowest BCUT2D eigenvalue weighted by Crippen LogP contribution is -2.22. The summed E-state index contributed by atoms with van der Waals surface area (Å²) in [5.74, 6) is 1.03. The van der Waals surface area contributed by atoms with Crippen molar-refractivity contribution in [3.63, 3.8) is 0 Å². The largest absolute Gasteiger partial charge is 0.378 e. The van der Waals surface area contributed by atoms with Gasteiger partial charge >= 0.3 is 0 Å². The second-order valence-electron chi connectivity index (χ2n) is 4.98. The SMILES string of the molecule is CCCn1nccc1CNc1ccc(N(CC)CC)nc1. The Bertz CT molecular complexity index is 528. The van der Waals surface area contributed by atoms with E-state index in [9.17, 15) is 0 Å². The topological polar surface area (TPSA) is 46.0 Å². The first-order valence-electron chi connectivity index (χ1n) is 7.74. The Balaban J connectivity index is 1.96. The molecule has 0 saturated carbocycles. The summed E-state index contributed by atoms with van der Waals surface area (Å²) in [6, 6.07) is 6.21. The summed E-state index contributed by atoms with van der Waals surface area (Å²) in [5, 5.41) is 7.74. The minimum Gasteiger partial charge on any atom is -0.378 e. The van der Waals surface area contributed by atoms with Gasteiger partial charge in [0.05, 0.1) is 24.1 Å². The molecule has 114 valence electrons. The van der Waals surface area contributed by atoms with Gasteiger partial charge in [0.15, 0.2) is 0 Å². The average Bonchev–Trinajstić information content (AvgIpc) is 2.95. The predicted octanol–water partition coefficient (Wildman–Crippen LogP) is 3.15. The first kappa shape index (κ1) is 15.4. The molecule has 0 radical (unpaired) electrons. The summed E-state index contributed by atoms with van der Waals surface area (Å²) >= 11 is 0. The molecule has 0 spiro atoms. The number of hydrogen-bond acceptors (Lipinski definition) is 4. The molecule has 2 heterocycles. The van der Waals surface area contributed by atoms with E-state index >= 15 is 0 Å². The van der Waals surface area contributed by atoms with Crippen LogP contribution in [0.15, 0.2) is 30.6 Å². The van der Waals surface area contributed by atoms with Crippen molar-refractivity contribution in [1.82, 2.24) is 14.8 Å². The van der Waals surface area contributed by atoms with Crippen LogP contribution in [-0.4, -0.2) is 27.9 Å². The minimum absolute atomic E-state index is 0.770. The zero-order valence-electron chi connectivity index (χ0n) is 13.2. The molecule has 2 aromatic heterocycles. The highest BCUT2D eigenvalue weighted by atomic mass is 15.3. The van der Waals surface area contributed by atoms with E-state index in [0.29, 0.717) is 0 Å². The molecule has 0 aliphatic rings. The van der Waals surface area contributed by atoms with Crippen LogP contribution in [0.3, 0.4) is 0 Å². The van der Waals surface area contributed by atoms with Gasteiger partial charge in [-0.3, -0.25) is 4.68 Å². The molecule has 21 heavy (non-hydrogen) atoms. The lowest BCUT2D eigenvalue weighted by molar-refractivity contribution is 0.578. The van der Waals surface area contributed by atoms with E-state index in [1.165, 1.54) is 5.69 Å². The Morgan fingerprint density at radius 3 is 2.57 bits per heavy atom. The van der Waals surface area contributed by atoms with Crippen molar-refractivity contribution in [1.29, 1.82) is 0 Å². The minimum atomic E-state index is 0.770. The van der Waals surface area contributed by atoms with Crippen molar-refractivity contribution in [3.05, 3.63) is 36.3 Å². The van der Waals surface area contributed by atoms with Gasteiger partial charge in [0, 0.05) is 25.8 Å². The molecular weight excluding hydrogens is 262 g/mol. The van der Waals surface area contributed by atoms with Crippen LogP contribution < -0.4 is 10.2 Å². The van der Waals surface area contributed by atoms with Gasteiger partial charge in [-0.25, -0.2) is 4.98 Å². The van der Waals surface area contributed by atoms with E-state index in [4.69, 9.17) is 0 Å². The molecular formula is C16H25N5. The highest BCUT2D eigenvalue weighted by Crippen LogP contribution is 2.14. The lowest BCUT2D eigenvalue weighted by Gasteiger charge is -2.19. The second kappa shape index (κ2) is 7.67. The Labute approximate surface area is 127 Å². The Morgan fingerprint density at radius 1 is 1.14 bits per heavy atom. The summed E-state index contributed by atoms with van der Waals surface area (Å²) in [4.78, 5) is 6.76. The van der Waals surface area contributed by atoms with Crippen molar-refractivity contribution in [3.8, 4) is 0 Å². The van der Waals surface area contributed by atoms with Gasteiger partial charge in [-0.1, -0.05) is 6.92 Å². The van der Waals surface area contributed by atoms with Gasteiger partial charge < -0.3 is 10.2 Å². The molecule has 0 aromatic carbocycles. The summed E-state index contributed by atoms with van der Waals surface area (Å²) in [6.45, 7) is 10.1.